The number of pyridine rings is 1. The Kier molecular flexibility index (Phi) is 5.71. The lowest BCUT2D eigenvalue weighted by molar-refractivity contribution is 0.0995. The van der Waals surface area contributed by atoms with Crippen molar-refractivity contribution in [2.75, 3.05) is 0 Å². The Labute approximate surface area is 161 Å². The molecule has 0 saturated heterocycles. The molecule has 0 aliphatic heterocycles. The zero-order valence-corrected chi connectivity index (χ0v) is 16.5. The fourth-order valence-corrected chi connectivity index (χ4v) is 3.57. The monoisotopic (exact) mass is 408 g/mol. The number of aromatic hydroxyl groups is 1. The molecule has 0 atom stereocenters. The zero-order chi connectivity index (χ0) is 21.4. The van der Waals surface area contributed by atoms with E-state index in [0.717, 1.165) is 4.57 Å². The number of azo groups is 1. The van der Waals surface area contributed by atoms with E-state index in [2.05, 4.69) is 10.2 Å². The minimum absolute atomic E-state index is 0.0763. The van der Waals surface area contributed by atoms with Gasteiger partial charge in [0.1, 0.15) is 5.56 Å². The average Bonchev–Trinajstić information content (AvgIpc) is 2.56. The van der Waals surface area contributed by atoms with Crippen molar-refractivity contribution in [3.8, 4) is 5.88 Å². The molecule has 2 aromatic rings. The molecule has 0 aliphatic rings. The normalized spacial score (nSPS) is 11.9. The van der Waals surface area contributed by atoms with Gasteiger partial charge in [-0.1, -0.05) is 0 Å². The Morgan fingerprint density at radius 1 is 1.18 bits per heavy atom. The second kappa shape index (κ2) is 7.52. The maximum Gasteiger partial charge on any atom is 0.294 e. The highest BCUT2D eigenvalue weighted by molar-refractivity contribution is 7.85. The summed E-state index contributed by atoms with van der Waals surface area (Å²) in [5.41, 5.74) is 5.21. The summed E-state index contributed by atoms with van der Waals surface area (Å²) in [5, 5.41) is 18.0. The maximum absolute atomic E-state index is 12.6. The molecule has 4 N–H and O–H groups in total. The highest BCUT2D eigenvalue weighted by Gasteiger charge is 2.22. The number of benzene rings is 1. The third kappa shape index (κ3) is 3.80. The standard InChI is InChI=1S/C17H20N4O6S/c1-5-21-16(23)13(15(18)22)10(4)14(17(21)24)20-19-11-6-9(3)12(7-8(11)2)28(25,26)27/h6-7,23H,5H2,1-4H3,(H2,18,22)(H,25,26,27). The first-order valence-electron chi connectivity index (χ1n) is 8.16. The van der Waals surface area contributed by atoms with Crippen LogP contribution < -0.4 is 11.3 Å². The number of aryl methyl sites for hydroxylation is 2. The van der Waals surface area contributed by atoms with Crippen molar-refractivity contribution in [2.45, 2.75) is 39.1 Å². The highest BCUT2D eigenvalue weighted by Crippen LogP contribution is 2.30. The van der Waals surface area contributed by atoms with E-state index in [-0.39, 0.29) is 39.5 Å². The Balaban J connectivity index is 2.68. The molecule has 1 heterocycles. The van der Waals surface area contributed by atoms with Crippen LogP contribution in [0.5, 0.6) is 5.88 Å². The Bertz CT molecular complexity index is 1170. The van der Waals surface area contributed by atoms with E-state index in [0.29, 0.717) is 5.56 Å². The van der Waals surface area contributed by atoms with E-state index < -0.39 is 27.5 Å². The van der Waals surface area contributed by atoms with Gasteiger partial charge < -0.3 is 10.8 Å². The fraction of sp³-hybridized carbons (Fsp3) is 0.294. The topological polar surface area (TPSA) is 164 Å². The average molecular weight is 408 g/mol. The summed E-state index contributed by atoms with van der Waals surface area (Å²) in [7, 11) is -4.39. The summed E-state index contributed by atoms with van der Waals surface area (Å²) in [4.78, 5) is 24.0. The van der Waals surface area contributed by atoms with Crippen molar-refractivity contribution in [3.05, 3.63) is 44.7 Å². The lowest BCUT2D eigenvalue weighted by atomic mass is 10.1. The van der Waals surface area contributed by atoms with Gasteiger partial charge in [-0.05, 0) is 51.0 Å². The summed E-state index contributed by atoms with van der Waals surface area (Å²) in [5.74, 6) is -1.46. The summed E-state index contributed by atoms with van der Waals surface area (Å²) in [6.45, 7) is 6.13. The highest BCUT2D eigenvalue weighted by atomic mass is 32.2. The molecule has 0 spiro atoms. The van der Waals surface area contributed by atoms with Crippen LogP contribution in [-0.2, 0) is 16.7 Å². The smallest absolute Gasteiger partial charge is 0.294 e. The Morgan fingerprint density at radius 2 is 1.79 bits per heavy atom. The van der Waals surface area contributed by atoms with Gasteiger partial charge in [0.05, 0.1) is 10.6 Å². The summed E-state index contributed by atoms with van der Waals surface area (Å²) < 4.78 is 32.9. The first kappa shape index (κ1) is 21.3. The molecule has 0 aliphatic carbocycles. The van der Waals surface area contributed by atoms with Gasteiger partial charge in [-0.2, -0.15) is 13.5 Å². The Morgan fingerprint density at radius 3 is 2.29 bits per heavy atom. The van der Waals surface area contributed by atoms with E-state index in [4.69, 9.17) is 5.73 Å². The molecule has 150 valence electrons. The molecule has 1 amide bonds. The quantitative estimate of drug-likeness (QED) is 0.507. The van der Waals surface area contributed by atoms with Crippen LogP contribution in [0.2, 0.25) is 0 Å². The number of carbonyl (C=O) groups excluding carboxylic acids is 1. The van der Waals surface area contributed by atoms with Crippen LogP contribution in [0.4, 0.5) is 11.4 Å². The largest absolute Gasteiger partial charge is 0.494 e. The number of nitrogens with two attached hydrogens (primary N) is 1. The van der Waals surface area contributed by atoms with Gasteiger partial charge >= 0.3 is 0 Å². The van der Waals surface area contributed by atoms with Gasteiger partial charge in [0, 0.05) is 12.1 Å². The molecule has 0 saturated carbocycles. The van der Waals surface area contributed by atoms with Crippen LogP contribution in [0.3, 0.4) is 0 Å². The van der Waals surface area contributed by atoms with Crippen LogP contribution >= 0.6 is 0 Å². The number of hydrogen-bond donors (Lipinski definition) is 3. The van der Waals surface area contributed by atoms with Crippen LogP contribution in [0.1, 0.15) is 34.0 Å². The van der Waals surface area contributed by atoms with Crippen LogP contribution in [0.25, 0.3) is 0 Å². The van der Waals surface area contributed by atoms with E-state index in [1.54, 1.807) is 13.8 Å². The lowest BCUT2D eigenvalue weighted by Gasteiger charge is -2.13. The van der Waals surface area contributed by atoms with Gasteiger partial charge in [0.2, 0.25) is 5.88 Å². The number of amides is 1. The maximum atomic E-state index is 12.6. The molecule has 1 aromatic carbocycles. The van der Waals surface area contributed by atoms with Crippen LogP contribution in [0.15, 0.2) is 32.1 Å². The first-order chi connectivity index (χ1) is 12.9. The molecule has 0 bridgehead atoms. The van der Waals surface area contributed by atoms with Crippen molar-refractivity contribution < 1.29 is 22.9 Å². The van der Waals surface area contributed by atoms with Gasteiger partial charge in [0.25, 0.3) is 21.6 Å². The number of primary amides is 1. The fourth-order valence-electron chi connectivity index (χ4n) is 2.78. The van der Waals surface area contributed by atoms with Crippen molar-refractivity contribution in [1.29, 1.82) is 0 Å². The van der Waals surface area contributed by atoms with Crippen molar-refractivity contribution in [2.24, 2.45) is 16.0 Å². The van der Waals surface area contributed by atoms with Crippen molar-refractivity contribution in [1.82, 2.24) is 4.57 Å². The molecule has 0 unspecified atom stereocenters. The van der Waals surface area contributed by atoms with Gasteiger partial charge in [-0.25, -0.2) is 0 Å². The van der Waals surface area contributed by atoms with Crippen molar-refractivity contribution in [3.63, 3.8) is 0 Å². The molecule has 0 fully saturated rings. The van der Waals surface area contributed by atoms with Crippen LogP contribution in [0, 0.1) is 20.8 Å². The summed E-state index contributed by atoms with van der Waals surface area (Å²) >= 11 is 0. The van der Waals surface area contributed by atoms with Gasteiger partial charge in [0.15, 0.2) is 5.69 Å². The van der Waals surface area contributed by atoms with Gasteiger partial charge in [-0.3, -0.25) is 18.7 Å². The molecule has 1 aromatic heterocycles. The predicted molar refractivity (Wildman–Crippen MR) is 101 cm³/mol. The molecular weight excluding hydrogens is 388 g/mol. The van der Waals surface area contributed by atoms with E-state index in [1.165, 1.54) is 26.0 Å². The second-order valence-electron chi connectivity index (χ2n) is 6.17. The number of nitrogens with zero attached hydrogens (tertiary/aromatic N) is 3. The number of rotatable bonds is 5. The van der Waals surface area contributed by atoms with E-state index >= 15 is 0 Å². The molecule has 10 nitrogen and oxygen atoms in total. The summed E-state index contributed by atoms with van der Waals surface area (Å²) in [6, 6.07) is 2.63. The second-order valence-corrected chi connectivity index (χ2v) is 7.56. The number of aromatic nitrogens is 1. The lowest BCUT2D eigenvalue weighted by Crippen LogP contribution is -2.25. The molecule has 2 rings (SSSR count). The van der Waals surface area contributed by atoms with Gasteiger partial charge in [-0.15, -0.1) is 5.11 Å². The third-order valence-corrected chi connectivity index (χ3v) is 5.24. The molecular formula is C17H20N4O6S. The molecule has 11 heteroatoms. The number of carbonyl (C=O) groups is 1. The van der Waals surface area contributed by atoms with Crippen LogP contribution in [-0.4, -0.2) is 28.6 Å². The third-order valence-electron chi connectivity index (χ3n) is 4.25. The molecule has 0 radical (unpaired) electrons. The van der Waals surface area contributed by atoms with Crippen molar-refractivity contribution >= 4 is 27.4 Å². The Hall–Kier alpha value is -3.05. The number of hydrogen-bond acceptors (Lipinski definition) is 7. The predicted octanol–water partition coefficient (Wildman–Crippen LogP) is 2.26. The summed E-state index contributed by atoms with van der Waals surface area (Å²) in [6.07, 6.45) is 0. The SMILES string of the molecule is CCn1c(O)c(C(N)=O)c(C)c(N=Nc2cc(C)c(S(=O)(=O)O)cc2C)c1=O. The minimum Gasteiger partial charge on any atom is -0.494 e. The van der Waals surface area contributed by atoms with E-state index in [1.807, 2.05) is 0 Å². The molecule has 28 heavy (non-hydrogen) atoms. The van der Waals surface area contributed by atoms with E-state index in [9.17, 15) is 27.7 Å². The minimum atomic E-state index is -4.39. The first-order valence-corrected chi connectivity index (χ1v) is 9.60. The zero-order valence-electron chi connectivity index (χ0n) is 15.7.